The number of rotatable bonds is 5. The Morgan fingerprint density at radius 2 is 2.14 bits per heavy atom. The fourth-order valence-corrected chi connectivity index (χ4v) is 2.98. The van der Waals surface area contributed by atoms with E-state index in [4.69, 9.17) is 11.5 Å². The molecule has 21 heavy (non-hydrogen) atoms. The number of nitrogens with two attached hydrogens (primary N) is 2. The fourth-order valence-electron chi connectivity index (χ4n) is 1.80. The summed E-state index contributed by atoms with van der Waals surface area (Å²) < 4.78 is 27.0. The van der Waals surface area contributed by atoms with E-state index in [1.165, 1.54) is 24.4 Å². The summed E-state index contributed by atoms with van der Waals surface area (Å²) in [5.74, 6) is -0.392. The molecule has 0 aliphatic carbocycles. The first kappa shape index (κ1) is 14.9. The Hall–Kier alpha value is -2.55. The van der Waals surface area contributed by atoms with Gasteiger partial charge in [-0.25, -0.2) is 8.42 Å². The van der Waals surface area contributed by atoms with Crippen LogP contribution in [0.4, 0.5) is 11.5 Å². The zero-order valence-electron chi connectivity index (χ0n) is 11.3. The Balaban J connectivity index is 2.38. The average Bonchev–Trinajstić information content (AvgIpc) is 2.84. The Kier molecular flexibility index (Phi) is 3.85. The molecule has 0 spiro atoms. The largest absolute Gasteiger partial charge is 0.398 e. The van der Waals surface area contributed by atoms with Crippen LogP contribution in [0.5, 0.6) is 0 Å². The van der Waals surface area contributed by atoms with Crippen molar-refractivity contribution in [3.8, 4) is 0 Å². The highest BCUT2D eigenvalue weighted by Crippen LogP contribution is 2.23. The van der Waals surface area contributed by atoms with Gasteiger partial charge in [-0.15, -0.1) is 0 Å². The van der Waals surface area contributed by atoms with E-state index in [9.17, 15) is 13.2 Å². The summed E-state index contributed by atoms with van der Waals surface area (Å²) in [4.78, 5) is 10.9. The van der Waals surface area contributed by atoms with Gasteiger partial charge in [0.25, 0.3) is 10.0 Å². The SMILES string of the molecule is CCc1cn[nH]c1NS(=O)(=O)c1ccc(C(N)=O)cc1N. The number of anilines is 2. The number of aryl methyl sites for hydroxylation is 1. The molecule has 0 bridgehead atoms. The summed E-state index contributed by atoms with van der Waals surface area (Å²) in [6.45, 7) is 1.87. The van der Waals surface area contributed by atoms with Crippen molar-refractivity contribution >= 4 is 27.4 Å². The minimum atomic E-state index is -3.89. The lowest BCUT2D eigenvalue weighted by Crippen LogP contribution is -2.17. The van der Waals surface area contributed by atoms with Gasteiger partial charge in [0, 0.05) is 11.1 Å². The van der Waals surface area contributed by atoms with E-state index < -0.39 is 15.9 Å². The zero-order chi connectivity index (χ0) is 15.6. The molecule has 0 fully saturated rings. The van der Waals surface area contributed by atoms with Crippen LogP contribution in [0.2, 0.25) is 0 Å². The van der Waals surface area contributed by atoms with E-state index >= 15 is 0 Å². The van der Waals surface area contributed by atoms with E-state index in [1.807, 2.05) is 6.92 Å². The fraction of sp³-hybridized carbons (Fsp3) is 0.167. The summed E-state index contributed by atoms with van der Waals surface area (Å²) in [5.41, 5.74) is 11.6. The molecule has 9 heteroatoms. The van der Waals surface area contributed by atoms with Crippen LogP contribution in [0.3, 0.4) is 0 Å². The quantitative estimate of drug-likeness (QED) is 0.593. The van der Waals surface area contributed by atoms with E-state index in [0.717, 1.165) is 5.56 Å². The first-order valence-corrected chi connectivity index (χ1v) is 7.58. The number of carbonyl (C=O) groups is 1. The van der Waals surface area contributed by atoms with Gasteiger partial charge in [-0.2, -0.15) is 5.10 Å². The van der Waals surface area contributed by atoms with Gasteiger partial charge >= 0.3 is 0 Å². The van der Waals surface area contributed by atoms with Crippen molar-refractivity contribution < 1.29 is 13.2 Å². The molecule has 0 aliphatic rings. The lowest BCUT2D eigenvalue weighted by Gasteiger charge is -2.10. The number of primary amides is 1. The average molecular weight is 309 g/mol. The van der Waals surface area contributed by atoms with Crippen molar-refractivity contribution in [1.82, 2.24) is 10.2 Å². The summed E-state index contributed by atoms with van der Waals surface area (Å²) in [6, 6.07) is 3.77. The third-order valence-electron chi connectivity index (χ3n) is 2.92. The van der Waals surface area contributed by atoms with E-state index in [2.05, 4.69) is 14.9 Å². The minimum Gasteiger partial charge on any atom is -0.398 e. The number of nitrogen functional groups attached to an aromatic ring is 1. The summed E-state index contributed by atoms with van der Waals surface area (Å²) in [6.07, 6.45) is 2.15. The number of aromatic amines is 1. The van der Waals surface area contributed by atoms with Crippen LogP contribution in [0, 0.1) is 0 Å². The second-order valence-electron chi connectivity index (χ2n) is 4.35. The number of nitrogens with one attached hydrogen (secondary N) is 2. The Morgan fingerprint density at radius 3 is 2.71 bits per heavy atom. The van der Waals surface area contributed by atoms with E-state index in [1.54, 1.807) is 0 Å². The lowest BCUT2D eigenvalue weighted by atomic mass is 10.2. The highest BCUT2D eigenvalue weighted by molar-refractivity contribution is 7.92. The number of sulfonamides is 1. The smallest absolute Gasteiger partial charge is 0.265 e. The number of hydrogen-bond donors (Lipinski definition) is 4. The van der Waals surface area contributed by atoms with Crippen molar-refractivity contribution in [2.24, 2.45) is 5.73 Å². The van der Waals surface area contributed by atoms with Crippen LogP contribution in [0.15, 0.2) is 29.3 Å². The second-order valence-corrected chi connectivity index (χ2v) is 6.00. The summed E-state index contributed by atoms with van der Waals surface area (Å²) in [7, 11) is -3.89. The molecular weight excluding hydrogens is 294 g/mol. The molecule has 0 unspecified atom stereocenters. The highest BCUT2D eigenvalue weighted by atomic mass is 32.2. The molecule has 112 valence electrons. The molecule has 0 saturated heterocycles. The number of benzene rings is 1. The number of amides is 1. The summed E-state index contributed by atoms with van der Waals surface area (Å²) in [5, 5.41) is 6.36. The van der Waals surface area contributed by atoms with Crippen molar-refractivity contribution in [3.05, 3.63) is 35.5 Å². The maximum Gasteiger partial charge on any atom is 0.265 e. The van der Waals surface area contributed by atoms with E-state index in [0.29, 0.717) is 6.42 Å². The normalized spacial score (nSPS) is 11.3. The number of carbonyl (C=O) groups excluding carboxylic acids is 1. The molecule has 2 aromatic rings. The molecule has 0 atom stereocenters. The van der Waals surface area contributed by atoms with Gasteiger partial charge in [0.2, 0.25) is 5.91 Å². The maximum absolute atomic E-state index is 12.3. The third kappa shape index (κ3) is 2.97. The molecule has 1 amide bonds. The van der Waals surface area contributed by atoms with Crippen LogP contribution >= 0.6 is 0 Å². The number of nitrogens with zero attached hydrogens (tertiary/aromatic N) is 1. The van der Waals surface area contributed by atoms with Gasteiger partial charge in [-0.05, 0) is 24.6 Å². The van der Waals surface area contributed by atoms with Crippen LogP contribution in [0.1, 0.15) is 22.8 Å². The van der Waals surface area contributed by atoms with Crippen molar-refractivity contribution in [1.29, 1.82) is 0 Å². The minimum absolute atomic E-state index is 0.0589. The third-order valence-corrected chi connectivity index (χ3v) is 4.34. The van der Waals surface area contributed by atoms with Gasteiger partial charge in [0.15, 0.2) is 0 Å². The van der Waals surface area contributed by atoms with Crippen molar-refractivity contribution in [2.45, 2.75) is 18.2 Å². The highest BCUT2D eigenvalue weighted by Gasteiger charge is 2.20. The number of aromatic nitrogens is 2. The molecule has 1 heterocycles. The van der Waals surface area contributed by atoms with Crippen molar-refractivity contribution in [3.63, 3.8) is 0 Å². The topological polar surface area (TPSA) is 144 Å². The number of hydrogen-bond acceptors (Lipinski definition) is 5. The molecule has 8 nitrogen and oxygen atoms in total. The Bertz CT molecular complexity index is 782. The molecule has 0 saturated carbocycles. The molecule has 6 N–H and O–H groups in total. The maximum atomic E-state index is 12.3. The predicted octanol–water partition coefficient (Wildman–Crippen LogP) is 0.454. The second kappa shape index (κ2) is 5.44. The Labute approximate surface area is 121 Å². The molecule has 1 aromatic carbocycles. The number of H-pyrrole nitrogens is 1. The molecular formula is C12H15N5O3S. The lowest BCUT2D eigenvalue weighted by molar-refractivity contribution is 0.1000. The molecule has 2 rings (SSSR count). The van der Waals surface area contributed by atoms with Gasteiger partial charge in [-0.1, -0.05) is 6.92 Å². The Morgan fingerprint density at radius 1 is 1.43 bits per heavy atom. The molecule has 0 radical (unpaired) electrons. The van der Waals surface area contributed by atoms with Gasteiger partial charge < -0.3 is 11.5 Å². The van der Waals surface area contributed by atoms with Crippen molar-refractivity contribution in [2.75, 3.05) is 10.5 Å². The van der Waals surface area contributed by atoms with Crippen LogP contribution in [-0.4, -0.2) is 24.5 Å². The molecule has 1 aromatic heterocycles. The standard InChI is InChI=1S/C12H15N5O3S/c1-2-7-6-15-16-12(7)17-21(19,20)10-4-3-8(11(14)18)5-9(10)13/h3-6H,2,13H2,1H3,(H2,14,18)(H2,15,16,17). The van der Waals surface area contributed by atoms with Crippen LogP contribution < -0.4 is 16.2 Å². The molecule has 0 aliphatic heterocycles. The zero-order valence-corrected chi connectivity index (χ0v) is 12.1. The monoisotopic (exact) mass is 309 g/mol. The summed E-state index contributed by atoms with van der Waals surface area (Å²) >= 11 is 0. The van der Waals surface area contributed by atoms with Crippen LogP contribution in [-0.2, 0) is 16.4 Å². The van der Waals surface area contributed by atoms with Crippen LogP contribution in [0.25, 0.3) is 0 Å². The van der Waals surface area contributed by atoms with Gasteiger partial charge in [0.1, 0.15) is 10.7 Å². The predicted molar refractivity (Wildman–Crippen MR) is 78.1 cm³/mol. The van der Waals surface area contributed by atoms with E-state index in [-0.39, 0.29) is 22.0 Å². The van der Waals surface area contributed by atoms with Gasteiger partial charge in [-0.3, -0.25) is 14.6 Å². The van der Waals surface area contributed by atoms with Gasteiger partial charge in [0.05, 0.1) is 11.9 Å². The first-order chi connectivity index (χ1) is 9.85. The first-order valence-electron chi connectivity index (χ1n) is 6.09.